The van der Waals surface area contributed by atoms with Crippen molar-refractivity contribution >= 4 is 11.6 Å². The lowest BCUT2D eigenvalue weighted by molar-refractivity contribution is -0.118. The van der Waals surface area contributed by atoms with Gasteiger partial charge in [0, 0.05) is 12.3 Å². The maximum atomic E-state index is 11.6. The van der Waals surface area contributed by atoms with Gasteiger partial charge in [0.1, 0.15) is 0 Å². The minimum absolute atomic E-state index is 0.00830. The molecule has 1 heterocycles. The number of nitrogens with zero attached hydrogens (tertiary/aromatic N) is 1. The topological polar surface area (TPSA) is 29.4 Å². The van der Waals surface area contributed by atoms with Crippen molar-refractivity contribution in [2.24, 2.45) is 4.99 Å². The monoisotopic (exact) mass is 249 g/mol. The van der Waals surface area contributed by atoms with Crippen molar-refractivity contribution in [2.45, 2.75) is 18.8 Å². The number of amides is 1. The Balaban J connectivity index is 2.04. The lowest BCUT2D eigenvalue weighted by Crippen LogP contribution is -2.21. The molecule has 2 aromatic rings. The number of benzene rings is 2. The molecule has 94 valence electrons. The van der Waals surface area contributed by atoms with Crippen molar-refractivity contribution < 1.29 is 4.79 Å². The summed E-state index contributed by atoms with van der Waals surface area (Å²) in [5.41, 5.74) is 3.19. The normalized spacial score (nSPS) is 19.1. The first-order valence-electron chi connectivity index (χ1n) is 6.56. The van der Waals surface area contributed by atoms with Gasteiger partial charge in [0.25, 0.3) is 0 Å². The van der Waals surface area contributed by atoms with Crippen LogP contribution in [0.1, 0.15) is 29.9 Å². The molecule has 0 aromatic heterocycles. The van der Waals surface area contributed by atoms with E-state index in [9.17, 15) is 4.79 Å². The first-order valence-corrected chi connectivity index (χ1v) is 6.56. The van der Waals surface area contributed by atoms with Gasteiger partial charge in [-0.1, -0.05) is 60.7 Å². The van der Waals surface area contributed by atoms with Crippen LogP contribution < -0.4 is 0 Å². The maximum absolute atomic E-state index is 11.6. The highest BCUT2D eigenvalue weighted by Gasteiger charge is 2.25. The number of hydrogen-bond acceptors (Lipinski definition) is 1. The van der Waals surface area contributed by atoms with Crippen LogP contribution in [0.15, 0.2) is 65.7 Å². The molecule has 1 aliphatic rings. The van der Waals surface area contributed by atoms with Gasteiger partial charge in [0.05, 0.1) is 5.71 Å². The van der Waals surface area contributed by atoms with Crippen molar-refractivity contribution in [3.63, 3.8) is 0 Å². The molecule has 1 atom stereocenters. The van der Waals surface area contributed by atoms with E-state index in [1.165, 1.54) is 5.56 Å². The van der Waals surface area contributed by atoms with E-state index in [0.717, 1.165) is 17.7 Å². The van der Waals surface area contributed by atoms with E-state index >= 15 is 0 Å². The molecule has 1 amide bonds. The highest BCUT2D eigenvalue weighted by atomic mass is 16.1. The van der Waals surface area contributed by atoms with Crippen LogP contribution in [-0.4, -0.2) is 11.6 Å². The Kier molecular flexibility index (Phi) is 3.23. The molecule has 0 saturated carbocycles. The number of carbonyl (C=O) groups excluding carboxylic acids is 1. The van der Waals surface area contributed by atoms with E-state index < -0.39 is 0 Å². The summed E-state index contributed by atoms with van der Waals surface area (Å²) >= 11 is 0. The lowest BCUT2D eigenvalue weighted by Gasteiger charge is -2.23. The van der Waals surface area contributed by atoms with E-state index in [1.54, 1.807) is 0 Å². The minimum atomic E-state index is -0.00830. The largest absolute Gasteiger partial charge is 0.273 e. The lowest BCUT2D eigenvalue weighted by atomic mass is 9.84. The van der Waals surface area contributed by atoms with Crippen LogP contribution in [0, 0.1) is 0 Å². The molecule has 3 rings (SSSR count). The van der Waals surface area contributed by atoms with Gasteiger partial charge in [-0.2, -0.15) is 0 Å². The Hall–Kier alpha value is -2.22. The Morgan fingerprint density at radius 1 is 0.895 bits per heavy atom. The fraction of sp³-hybridized carbons (Fsp3) is 0.176. The molecule has 0 bridgehead atoms. The van der Waals surface area contributed by atoms with Crippen LogP contribution in [0.5, 0.6) is 0 Å². The number of rotatable bonds is 2. The molecule has 2 aromatic carbocycles. The van der Waals surface area contributed by atoms with Crippen molar-refractivity contribution in [1.29, 1.82) is 0 Å². The van der Waals surface area contributed by atoms with Gasteiger partial charge < -0.3 is 0 Å². The summed E-state index contributed by atoms with van der Waals surface area (Å²) in [6, 6.07) is 20.3. The number of hydrogen-bond donors (Lipinski definition) is 0. The van der Waals surface area contributed by atoms with Crippen LogP contribution >= 0.6 is 0 Å². The van der Waals surface area contributed by atoms with Gasteiger partial charge in [-0.3, -0.25) is 4.79 Å². The molecule has 0 radical (unpaired) electrons. The second-order valence-electron chi connectivity index (χ2n) is 4.76. The van der Waals surface area contributed by atoms with Gasteiger partial charge >= 0.3 is 0 Å². The average Bonchev–Trinajstić information content (AvgIpc) is 2.49. The van der Waals surface area contributed by atoms with E-state index in [-0.39, 0.29) is 11.8 Å². The van der Waals surface area contributed by atoms with E-state index in [2.05, 4.69) is 17.1 Å². The van der Waals surface area contributed by atoms with Crippen molar-refractivity contribution in [3.8, 4) is 0 Å². The van der Waals surface area contributed by atoms with Crippen LogP contribution in [0.4, 0.5) is 0 Å². The second-order valence-corrected chi connectivity index (χ2v) is 4.76. The first kappa shape index (κ1) is 11.8. The highest BCUT2D eigenvalue weighted by Crippen LogP contribution is 2.29. The highest BCUT2D eigenvalue weighted by molar-refractivity contribution is 6.11. The standard InChI is InChI=1S/C17H15NO/c19-16-12-11-15(13-7-3-1-4-8-13)17(18-16)14-9-5-2-6-10-14/h1-10,15H,11-12H2. The third kappa shape index (κ3) is 2.48. The zero-order chi connectivity index (χ0) is 13.1. The van der Waals surface area contributed by atoms with Gasteiger partial charge in [-0.05, 0) is 17.5 Å². The molecule has 1 unspecified atom stereocenters. The van der Waals surface area contributed by atoms with E-state index in [0.29, 0.717) is 6.42 Å². The van der Waals surface area contributed by atoms with Crippen molar-refractivity contribution in [1.82, 2.24) is 0 Å². The van der Waals surface area contributed by atoms with Gasteiger partial charge in [-0.15, -0.1) is 0 Å². The van der Waals surface area contributed by atoms with Crippen molar-refractivity contribution in [3.05, 3.63) is 71.8 Å². The molecule has 0 N–H and O–H groups in total. The summed E-state index contributed by atoms with van der Waals surface area (Å²) in [4.78, 5) is 15.9. The molecule has 0 aliphatic carbocycles. The van der Waals surface area contributed by atoms with Crippen LogP contribution in [0.2, 0.25) is 0 Å². The molecule has 19 heavy (non-hydrogen) atoms. The summed E-state index contributed by atoms with van der Waals surface area (Å²) in [7, 11) is 0. The molecule has 2 nitrogen and oxygen atoms in total. The van der Waals surface area contributed by atoms with E-state index in [4.69, 9.17) is 0 Å². The van der Waals surface area contributed by atoms with Gasteiger partial charge in [0.2, 0.25) is 5.91 Å². The van der Waals surface area contributed by atoms with E-state index in [1.807, 2.05) is 48.5 Å². The summed E-state index contributed by atoms with van der Waals surface area (Å²) in [6.45, 7) is 0. The van der Waals surface area contributed by atoms with Gasteiger partial charge in [0.15, 0.2) is 0 Å². The van der Waals surface area contributed by atoms with Crippen LogP contribution in [0.25, 0.3) is 0 Å². The van der Waals surface area contributed by atoms with Crippen LogP contribution in [-0.2, 0) is 4.79 Å². The molecule has 0 saturated heterocycles. The Morgan fingerprint density at radius 3 is 2.21 bits per heavy atom. The number of carbonyl (C=O) groups is 1. The summed E-state index contributed by atoms with van der Waals surface area (Å²) in [5, 5.41) is 0. The summed E-state index contributed by atoms with van der Waals surface area (Å²) < 4.78 is 0. The quantitative estimate of drug-likeness (QED) is 0.800. The third-order valence-electron chi connectivity index (χ3n) is 3.49. The summed E-state index contributed by atoms with van der Waals surface area (Å²) in [5.74, 6) is 0.215. The Labute approximate surface area is 112 Å². The Bertz CT molecular complexity index is 602. The predicted octanol–water partition coefficient (Wildman–Crippen LogP) is 3.58. The molecule has 0 spiro atoms. The average molecular weight is 249 g/mol. The fourth-order valence-electron chi connectivity index (χ4n) is 2.56. The molecular weight excluding hydrogens is 234 g/mol. The molecular formula is C17H15NO. The van der Waals surface area contributed by atoms with Crippen LogP contribution in [0.3, 0.4) is 0 Å². The third-order valence-corrected chi connectivity index (χ3v) is 3.49. The Morgan fingerprint density at radius 2 is 1.53 bits per heavy atom. The minimum Gasteiger partial charge on any atom is -0.273 e. The summed E-state index contributed by atoms with van der Waals surface area (Å²) in [6.07, 6.45) is 1.38. The maximum Gasteiger partial charge on any atom is 0.245 e. The van der Waals surface area contributed by atoms with Crippen molar-refractivity contribution in [2.75, 3.05) is 0 Å². The predicted molar refractivity (Wildman–Crippen MR) is 76.4 cm³/mol. The fourth-order valence-corrected chi connectivity index (χ4v) is 2.56. The van der Waals surface area contributed by atoms with Gasteiger partial charge in [-0.25, -0.2) is 4.99 Å². The molecule has 2 heteroatoms. The first-order chi connectivity index (χ1) is 9.34. The number of aliphatic imine (C=N–C) groups is 1. The zero-order valence-electron chi connectivity index (χ0n) is 10.6. The molecule has 1 aliphatic heterocycles. The second kappa shape index (κ2) is 5.19. The zero-order valence-corrected chi connectivity index (χ0v) is 10.6. The SMILES string of the molecule is O=C1CCC(c2ccccc2)C(c2ccccc2)=N1. The smallest absolute Gasteiger partial charge is 0.245 e. The molecule has 0 fully saturated rings.